The second-order valence-corrected chi connectivity index (χ2v) is 8.56. The first kappa shape index (κ1) is 15.0. The summed E-state index contributed by atoms with van der Waals surface area (Å²) in [4.78, 5) is 0. The minimum absolute atomic E-state index is 0.793. The molecule has 0 N–H and O–H groups in total. The molecule has 0 fully saturated rings. The molecule has 0 spiro atoms. The van der Waals surface area contributed by atoms with E-state index in [1.54, 1.807) is 0 Å². The molecule has 0 bridgehead atoms. The van der Waals surface area contributed by atoms with Crippen LogP contribution in [0.1, 0.15) is 64.7 Å². The molecule has 0 aromatic carbocycles. The van der Waals surface area contributed by atoms with Crippen molar-refractivity contribution in [2.24, 2.45) is 0 Å². The van der Waals surface area contributed by atoms with E-state index < -0.39 is 0 Å². The van der Waals surface area contributed by atoms with Crippen LogP contribution in [0.3, 0.4) is 0 Å². The summed E-state index contributed by atoms with van der Waals surface area (Å²) < 4.78 is 0.829. The van der Waals surface area contributed by atoms with Gasteiger partial charge in [0.05, 0.1) is 0 Å². The van der Waals surface area contributed by atoms with Crippen LogP contribution in [-0.4, -0.2) is 18.7 Å². The first-order chi connectivity index (χ1) is 6.81. The fraction of sp³-hybridized carbons (Fsp3) is 1.00. The van der Waals surface area contributed by atoms with Gasteiger partial charge >= 0.3 is 105 Å². The summed E-state index contributed by atoms with van der Waals surface area (Å²) in [6.07, 6.45) is 12.9. The van der Waals surface area contributed by atoms with Crippen LogP contribution in [0.4, 0.5) is 0 Å². The summed E-state index contributed by atoms with van der Waals surface area (Å²) >= 11 is 4.50. The van der Waals surface area contributed by atoms with Gasteiger partial charge < -0.3 is 0 Å². The number of unbranched alkanes of at least 4 members (excludes halogenated alkanes) is 7. The molecule has 0 radical (unpaired) electrons. The summed E-state index contributed by atoms with van der Waals surface area (Å²) in [6.45, 7) is 2.28. The summed E-state index contributed by atoms with van der Waals surface area (Å²) in [5.41, 5.74) is 0. The van der Waals surface area contributed by atoms with Crippen LogP contribution in [0.15, 0.2) is 0 Å². The summed E-state index contributed by atoms with van der Waals surface area (Å²) in [7, 11) is 0. The van der Waals surface area contributed by atoms with E-state index in [4.69, 9.17) is 0 Å². The quantitative estimate of drug-likeness (QED) is 0.301. The second kappa shape index (κ2) is 12.1. The van der Waals surface area contributed by atoms with E-state index in [-0.39, 0.29) is 0 Å². The monoisotopic (exact) mass is 328 g/mol. The molecule has 0 nitrogen and oxygen atoms in total. The van der Waals surface area contributed by atoms with Crippen molar-refractivity contribution < 1.29 is 0 Å². The fourth-order valence-electron chi connectivity index (χ4n) is 1.56. The van der Waals surface area contributed by atoms with Gasteiger partial charge in [-0.05, 0) is 0 Å². The van der Waals surface area contributed by atoms with Crippen LogP contribution < -0.4 is 0 Å². The van der Waals surface area contributed by atoms with Gasteiger partial charge in [-0.15, -0.1) is 0 Å². The Labute approximate surface area is 105 Å². The van der Waals surface area contributed by atoms with Crippen molar-refractivity contribution in [3.8, 4) is 0 Å². The fourth-order valence-corrected chi connectivity index (χ4v) is 2.72. The number of rotatable bonds is 10. The molecule has 14 heavy (non-hydrogen) atoms. The second-order valence-electron chi connectivity index (χ2n) is 3.91. The Bertz CT molecular complexity index is 106. The first-order valence-corrected chi connectivity index (χ1v) is 9.60. The molecular weight excluding hydrogens is 303 g/mol. The Morgan fingerprint density at radius 1 is 0.929 bits per heavy atom. The zero-order valence-electron chi connectivity index (χ0n) is 9.73. The molecular formula is C12H25BrSe. The maximum atomic E-state index is 3.71. The van der Waals surface area contributed by atoms with Crippen LogP contribution in [-0.2, 0) is 0 Å². The predicted molar refractivity (Wildman–Crippen MR) is 71.6 cm³/mol. The molecule has 86 valence electrons. The Morgan fingerprint density at radius 2 is 1.43 bits per heavy atom. The first-order valence-electron chi connectivity index (χ1n) is 5.98. The minimum atomic E-state index is 0.793. The van der Waals surface area contributed by atoms with E-state index in [0.717, 1.165) is 18.7 Å². The molecule has 1 unspecified atom stereocenters. The van der Waals surface area contributed by atoms with Crippen molar-refractivity contribution in [1.82, 2.24) is 0 Å². The average Bonchev–Trinajstić information content (AvgIpc) is 2.21. The van der Waals surface area contributed by atoms with Crippen LogP contribution in [0, 0.1) is 0 Å². The number of halogens is 1. The van der Waals surface area contributed by atoms with Crippen molar-refractivity contribution >= 4 is 30.9 Å². The van der Waals surface area contributed by atoms with Crippen molar-refractivity contribution in [2.75, 3.05) is 0 Å². The van der Waals surface area contributed by atoms with Gasteiger partial charge in [0.1, 0.15) is 0 Å². The van der Waals surface area contributed by atoms with Crippen molar-refractivity contribution in [1.29, 1.82) is 0 Å². The molecule has 0 aliphatic carbocycles. The molecule has 0 amide bonds. The zero-order valence-corrected chi connectivity index (χ0v) is 13.0. The van der Waals surface area contributed by atoms with E-state index in [0.29, 0.717) is 0 Å². The average molecular weight is 328 g/mol. The number of alkyl halides is 1. The molecule has 0 saturated heterocycles. The molecule has 0 aliphatic rings. The van der Waals surface area contributed by atoms with Crippen molar-refractivity contribution in [3.63, 3.8) is 0 Å². The maximum absolute atomic E-state index is 3.71. The third-order valence-corrected chi connectivity index (χ3v) is 6.51. The SMILES string of the molecule is CCCCCCCCCCC(Br)[Se]C. The Morgan fingerprint density at radius 3 is 1.93 bits per heavy atom. The molecule has 2 heteroatoms. The predicted octanol–water partition coefficient (Wildman–Crippen LogP) is 4.99. The zero-order chi connectivity index (χ0) is 10.6. The normalized spacial score (nSPS) is 13.1. The molecule has 0 rings (SSSR count). The van der Waals surface area contributed by atoms with Crippen molar-refractivity contribution in [3.05, 3.63) is 0 Å². The Kier molecular flexibility index (Phi) is 12.9. The van der Waals surface area contributed by atoms with Gasteiger partial charge in [0.25, 0.3) is 0 Å². The summed E-state index contributed by atoms with van der Waals surface area (Å²) in [5.74, 6) is 2.32. The van der Waals surface area contributed by atoms with Gasteiger partial charge in [0, 0.05) is 0 Å². The Balaban J connectivity index is 2.92. The molecule has 0 heterocycles. The summed E-state index contributed by atoms with van der Waals surface area (Å²) in [6, 6.07) is 0. The van der Waals surface area contributed by atoms with E-state index in [1.807, 2.05) is 0 Å². The molecule has 0 saturated carbocycles. The van der Waals surface area contributed by atoms with Crippen LogP contribution >= 0.6 is 15.9 Å². The third-order valence-electron chi connectivity index (χ3n) is 2.54. The van der Waals surface area contributed by atoms with Crippen LogP contribution in [0.5, 0.6) is 0 Å². The van der Waals surface area contributed by atoms with E-state index >= 15 is 0 Å². The van der Waals surface area contributed by atoms with Gasteiger partial charge in [0.2, 0.25) is 0 Å². The van der Waals surface area contributed by atoms with E-state index in [9.17, 15) is 0 Å². The van der Waals surface area contributed by atoms with E-state index in [1.165, 1.54) is 57.8 Å². The van der Waals surface area contributed by atoms with Crippen LogP contribution in [0.25, 0.3) is 0 Å². The topological polar surface area (TPSA) is 0 Å². The van der Waals surface area contributed by atoms with Gasteiger partial charge in [-0.3, -0.25) is 0 Å². The third kappa shape index (κ3) is 11.1. The van der Waals surface area contributed by atoms with Gasteiger partial charge in [0.15, 0.2) is 0 Å². The standard InChI is InChI=1S/C12H25BrSe/c1-3-4-5-6-7-8-9-10-11-12(13)14-2/h12H,3-11H2,1-2H3. The van der Waals surface area contributed by atoms with Crippen molar-refractivity contribution in [2.45, 2.75) is 74.3 Å². The number of hydrogen-bond donors (Lipinski definition) is 0. The molecule has 0 aliphatic heterocycles. The molecule has 1 atom stereocenters. The van der Waals surface area contributed by atoms with Gasteiger partial charge in [-0.2, -0.15) is 0 Å². The van der Waals surface area contributed by atoms with Gasteiger partial charge in [-0.25, -0.2) is 0 Å². The van der Waals surface area contributed by atoms with Gasteiger partial charge in [-0.1, -0.05) is 0 Å². The Hall–Kier alpha value is 0.999. The van der Waals surface area contributed by atoms with E-state index in [2.05, 4.69) is 28.7 Å². The molecule has 0 aromatic rings. The number of hydrogen-bond acceptors (Lipinski definition) is 0. The van der Waals surface area contributed by atoms with Crippen LogP contribution in [0.2, 0.25) is 5.82 Å². The summed E-state index contributed by atoms with van der Waals surface area (Å²) in [5, 5.41) is 0. The molecule has 0 aromatic heterocycles.